The summed E-state index contributed by atoms with van der Waals surface area (Å²) >= 11 is 0. The van der Waals surface area contributed by atoms with Gasteiger partial charge in [0.15, 0.2) is 5.52 Å². The van der Waals surface area contributed by atoms with Crippen molar-refractivity contribution >= 4 is 11.0 Å². The summed E-state index contributed by atoms with van der Waals surface area (Å²) in [6, 6.07) is 7.29. The minimum absolute atomic E-state index is 0.205. The molecule has 6 nitrogen and oxygen atoms in total. The fourth-order valence-electron chi connectivity index (χ4n) is 2.27. The van der Waals surface area contributed by atoms with Crippen molar-refractivity contribution in [3.05, 3.63) is 64.1 Å². The topological polar surface area (TPSA) is 69.9 Å². The zero-order valence-electron chi connectivity index (χ0n) is 13.6. The minimum atomic E-state index is -0.296. The summed E-state index contributed by atoms with van der Waals surface area (Å²) in [6.07, 6.45) is 2.96. The molecule has 1 atom stereocenters. The summed E-state index contributed by atoms with van der Waals surface area (Å²) in [7, 11) is 3.24. The van der Waals surface area contributed by atoms with Crippen LogP contribution in [0.5, 0.6) is 0 Å². The fourth-order valence-corrected chi connectivity index (χ4v) is 2.27. The fraction of sp³-hybridized carbons (Fsp3) is 0.222. The van der Waals surface area contributed by atoms with Crippen LogP contribution >= 0.6 is 0 Å². The molecule has 3 heterocycles. The van der Waals surface area contributed by atoms with E-state index in [4.69, 9.17) is 4.74 Å². The molecule has 3 aromatic heterocycles. The molecular weight excluding hydrogens is 304 g/mol. The Morgan fingerprint density at radius 3 is 2.79 bits per heavy atom. The molecule has 120 valence electrons. The lowest BCUT2D eigenvalue weighted by molar-refractivity contribution is 0.108. The Morgan fingerprint density at radius 1 is 1.25 bits per heavy atom. The molecule has 0 fully saturated rings. The van der Waals surface area contributed by atoms with Gasteiger partial charge in [-0.3, -0.25) is 9.36 Å². The number of aromatic nitrogens is 4. The maximum Gasteiger partial charge on any atom is 0.279 e. The van der Waals surface area contributed by atoms with Crippen molar-refractivity contribution in [2.45, 2.75) is 13.0 Å². The van der Waals surface area contributed by atoms with E-state index in [0.717, 1.165) is 0 Å². The summed E-state index contributed by atoms with van der Waals surface area (Å²) in [4.78, 5) is 25.3. The van der Waals surface area contributed by atoms with Gasteiger partial charge in [0.2, 0.25) is 0 Å². The average Bonchev–Trinajstić information content (AvgIpc) is 2.63. The lowest BCUT2D eigenvalue weighted by Gasteiger charge is -2.13. The van der Waals surface area contributed by atoms with E-state index in [-0.39, 0.29) is 11.7 Å². The Hall–Kier alpha value is -3.04. The molecule has 0 aromatic carbocycles. The molecule has 24 heavy (non-hydrogen) atoms. The van der Waals surface area contributed by atoms with Gasteiger partial charge in [0.25, 0.3) is 5.56 Å². The molecule has 3 rings (SSSR count). The van der Waals surface area contributed by atoms with Crippen LogP contribution in [0.3, 0.4) is 0 Å². The van der Waals surface area contributed by atoms with Crippen LogP contribution in [0, 0.1) is 11.8 Å². The van der Waals surface area contributed by atoms with E-state index in [1.807, 2.05) is 25.1 Å². The maximum absolute atomic E-state index is 12.4. The molecule has 0 bridgehead atoms. The quantitative estimate of drug-likeness (QED) is 0.674. The van der Waals surface area contributed by atoms with E-state index < -0.39 is 0 Å². The summed E-state index contributed by atoms with van der Waals surface area (Å²) in [5.41, 5.74) is 1.95. The number of nitrogens with zero attached hydrogens (tertiary/aromatic N) is 4. The first kappa shape index (κ1) is 15.8. The molecule has 0 aliphatic heterocycles. The van der Waals surface area contributed by atoms with E-state index in [1.165, 1.54) is 4.57 Å². The van der Waals surface area contributed by atoms with Gasteiger partial charge in [-0.05, 0) is 31.0 Å². The number of rotatable bonds is 2. The van der Waals surface area contributed by atoms with Crippen LogP contribution in [-0.4, -0.2) is 26.6 Å². The average molecular weight is 320 g/mol. The predicted octanol–water partition coefficient (Wildman–Crippen LogP) is 1.83. The smallest absolute Gasteiger partial charge is 0.279 e. The maximum atomic E-state index is 12.4. The van der Waals surface area contributed by atoms with E-state index in [2.05, 4.69) is 26.8 Å². The lowest BCUT2D eigenvalue weighted by Crippen LogP contribution is -2.25. The van der Waals surface area contributed by atoms with Crippen LogP contribution in [0.25, 0.3) is 11.0 Å². The molecule has 6 heteroatoms. The van der Waals surface area contributed by atoms with Gasteiger partial charge in [-0.1, -0.05) is 12.0 Å². The molecule has 0 saturated heterocycles. The van der Waals surface area contributed by atoms with Crippen LogP contribution in [-0.2, 0) is 11.8 Å². The largest absolute Gasteiger partial charge is 0.374 e. The van der Waals surface area contributed by atoms with Gasteiger partial charge in [-0.15, -0.1) is 0 Å². The van der Waals surface area contributed by atoms with Crippen LogP contribution in [0.4, 0.5) is 0 Å². The highest BCUT2D eigenvalue weighted by atomic mass is 16.5. The standard InChI is InChI=1S/C18H16N4O2/c1-12(24-3)17-21-15-10-13(7-8-14-6-4-5-9-19-14)11-20-16(15)18(23)22(17)2/h4-6,9-12H,1-3H3. The van der Waals surface area contributed by atoms with Crippen LogP contribution < -0.4 is 5.56 Å². The van der Waals surface area contributed by atoms with Gasteiger partial charge in [-0.2, -0.15) is 0 Å². The van der Waals surface area contributed by atoms with Crippen LogP contribution in [0.15, 0.2) is 41.5 Å². The molecule has 0 aliphatic carbocycles. The Balaban J connectivity index is 2.09. The summed E-state index contributed by atoms with van der Waals surface area (Å²) in [5, 5.41) is 0. The Morgan fingerprint density at radius 2 is 2.08 bits per heavy atom. The van der Waals surface area contributed by atoms with Gasteiger partial charge in [0, 0.05) is 32.1 Å². The molecule has 0 N–H and O–H groups in total. The van der Waals surface area contributed by atoms with Crippen molar-refractivity contribution in [3.63, 3.8) is 0 Å². The Bertz CT molecular complexity index is 1000. The third kappa shape index (κ3) is 3.03. The SMILES string of the molecule is COC(C)c1nc2cc(C#Cc3ccccn3)cnc2c(=O)n1C. The second-order valence-electron chi connectivity index (χ2n) is 5.27. The molecule has 3 aromatic rings. The second kappa shape index (κ2) is 6.60. The number of ether oxygens (including phenoxy) is 1. The van der Waals surface area contributed by atoms with Crippen molar-refractivity contribution in [2.24, 2.45) is 7.05 Å². The second-order valence-corrected chi connectivity index (χ2v) is 5.27. The van der Waals surface area contributed by atoms with E-state index in [9.17, 15) is 4.79 Å². The molecule has 0 saturated carbocycles. The van der Waals surface area contributed by atoms with Crippen molar-refractivity contribution in [2.75, 3.05) is 7.11 Å². The number of fused-ring (bicyclic) bond motifs is 1. The first-order chi connectivity index (χ1) is 11.6. The summed E-state index contributed by atoms with van der Waals surface area (Å²) in [6.45, 7) is 1.84. The first-order valence-electron chi connectivity index (χ1n) is 7.42. The Labute approximate surface area is 139 Å². The molecule has 0 aliphatic rings. The first-order valence-corrected chi connectivity index (χ1v) is 7.42. The van der Waals surface area contributed by atoms with Gasteiger partial charge < -0.3 is 4.74 Å². The van der Waals surface area contributed by atoms with Gasteiger partial charge in [-0.25, -0.2) is 15.0 Å². The highest BCUT2D eigenvalue weighted by molar-refractivity contribution is 5.74. The minimum Gasteiger partial charge on any atom is -0.374 e. The number of methoxy groups -OCH3 is 1. The monoisotopic (exact) mass is 320 g/mol. The summed E-state index contributed by atoms with van der Waals surface area (Å²) in [5.74, 6) is 6.51. The third-order valence-corrected chi connectivity index (χ3v) is 3.67. The van der Waals surface area contributed by atoms with Crippen LogP contribution in [0.2, 0.25) is 0 Å². The molecule has 0 spiro atoms. The number of hydrogen-bond donors (Lipinski definition) is 0. The zero-order chi connectivity index (χ0) is 17.1. The van der Waals surface area contributed by atoms with Crippen LogP contribution in [0.1, 0.15) is 30.1 Å². The lowest BCUT2D eigenvalue weighted by atomic mass is 10.2. The number of hydrogen-bond acceptors (Lipinski definition) is 5. The molecule has 0 radical (unpaired) electrons. The third-order valence-electron chi connectivity index (χ3n) is 3.67. The zero-order valence-corrected chi connectivity index (χ0v) is 13.6. The highest BCUT2D eigenvalue weighted by Gasteiger charge is 2.14. The van der Waals surface area contributed by atoms with Gasteiger partial charge >= 0.3 is 0 Å². The highest BCUT2D eigenvalue weighted by Crippen LogP contribution is 2.14. The summed E-state index contributed by atoms with van der Waals surface area (Å²) < 4.78 is 6.74. The molecular formula is C18H16N4O2. The van der Waals surface area contributed by atoms with E-state index in [1.54, 1.807) is 32.6 Å². The van der Waals surface area contributed by atoms with Crippen molar-refractivity contribution in [1.82, 2.24) is 19.5 Å². The molecule has 0 amide bonds. The van der Waals surface area contributed by atoms with Crippen molar-refractivity contribution < 1.29 is 4.74 Å². The molecule has 1 unspecified atom stereocenters. The number of pyridine rings is 2. The van der Waals surface area contributed by atoms with E-state index >= 15 is 0 Å². The normalized spacial score (nSPS) is 11.8. The Kier molecular flexibility index (Phi) is 4.36. The van der Waals surface area contributed by atoms with Gasteiger partial charge in [0.1, 0.15) is 17.6 Å². The van der Waals surface area contributed by atoms with Gasteiger partial charge in [0.05, 0.1) is 5.52 Å². The van der Waals surface area contributed by atoms with E-state index in [0.29, 0.717) is 28.1 Å². The predicted molar refractivity (Wildman–Crippen MR) is 90.4 cm³/mol. The van der Waals surface area contributed by atoms with Crippen molar-refractivity contribution in [3.8, 4) is 11.8 Å². The van der Waals surface area contributed by atoms with Crippen molar-refractivity contribution in [1.29, 1.82) is 0 Å².